The van der Waals surface area contributed by atoms with E-state index in [4.69, 9.17) is 0 Å². The van der Waals surface area contributed by atoms with Crippen LogP contribution in [-0.2, 0) is 9.53 Å². The summed E-state index contributed by atoms with van der Waals surface area (Å²) in [6, 6.07) is 7.45. The standard InChI is InChI=1S/C15H17N3O3/c1-18(2)9-13(15(20)21-3)17-14(19)11-8-16-12-7-5-4-6-10(11)12/h4-9,16H,1-3H3,(H,17,19)/b13-9+. The lowest BCUT2D eigenvalue weighted by Crippen LogP contribution is -2.29. The first-order valence-corrected chi connectivity index (χ1v) is 6.37. The van der Waals surface area contributed by atoms with Crippen molar-refractivity contribution in [2.45, 2.75) is 0 Å². The van der Waals surface area contributed by atoms with Crippen LogP contribution in [0.5, 0.6) is 0 Å². The molecule has 0 atom stereocenters. The highest BCUT2D eigenvalue weighted by molar-refractivity contribution is 6.09. The SMILES string of the molecule is COC(=O)/C(=C\N(C)C)NC(=O)c1c[nH]c2ccccc12. The molecule has 1 aromatic heterocycles. The van der Waals surface area contributed by atoms with Crippen molar-refractivity contribution in [3.8, 4) is 0 Å². The molecule has 0 fully saturated rings. The maximum absolute atomic E-state index is 12.3. The van der Waals surface area contributed by atoms with Gasteiger partial charge in [0, 0.05) is 37.4 Å². The highest BCUT2D eigenvalue weighted by Crippen LogP contribution is 2.17. The monoisotopic (exact) mass is 287 g/mol. The van der Waals surface area contributed by atoms with Gasteiger partial charge < -0.3 is 19.9 Å². The van der Waals surface area contributed by atoms with Crippen LogP contribution in [0.15, 0.2) is 42.4 Å². The highest BCUT2D eigenvalue weighted by Gasteiger charge is 2.17. The van der Waals surface area contributed by atoms with E-state index in [0.29, 0.717) is 5.56 Å². The second kappa shape index (κ2) is 6.13. The number of methoxy groups -OCH3 is 1. The molecule has 1 amide bonds. The van der Waals surface area contributed by atoms with Crippen molar-refractivity contribution in [2.24, 2.45) is 0 Å². The molecule has 0 spiro atoms. The van der Waals surface area contributed by atoms with Crippen LogP contribution in [0, 0.1) is 0 Å². The van der Waals surface area contributed by atoms with E-state index in [1.54, 1.807) is 25.2 Å². The number of nitrogens with one attached hydrogen (secondary N) is 2. The second-order valence-electron chi connectivity index (χ2n) is 4.70. The largest absolute Gasteiger partial charge is 0.464 e. The molecule has 1 aromatic carbocycles. The van der Waals surface area contributed by atoms with Gasteiger partial charge in [-0.1, -0.05) is 18.2 Å². The fourth-order valence-electron chi connectivity index (χ4n) is 1.95. The zero-order valence-electron chi connectivity index (χ0n) is 12.1. The van der Waals surface area contributed by atoms with Gasteiger partial charge in [0.25, 0.3) is 5.91 Å². The van der Waals surface area contributed by atoms with Crippen LogP contribution in [-0.4, -0.2) is 43.0 Å². The van der Waals surface area contributed by atoms with Gasteiger partial charge in [-0.25, -0.2) is 4.79 Å². The van der Waals surface area contributed by atoms with Crippen LogP contribution in [0.1, 0.15) is 10.4 Å². The van der Waals surface area contributed by atoms with E-state index in [1.165, 1.54) is 13.3 Å². The number of ether oxygens (including phenoxy) is 1. The minimum absolute atomic E-state index is 0.0813. The Bertz CT molecular complexity index is 701. The lowest BCUT2D eigenvalue weighted by atomic mass is 10.1. The van der Waals surface area contributed by atoms with Crippen LogP contribution < -0.4 is 5.32 Å². The van der Waals surface area contributed by atoms with E-state index < -0.39 is 5.97 Å². The number of carbonyl (C=O) groups is 2. The molecule has 6 nitrogen and oxygen atoms in total. The Morgan fingerprint density at radius 3 is 2.67 bits per heavy atom. The summed E-state index contributed by atoms with van der Waals surface area (Å²) in [5.74, 6) is -0.970. The van der Waals surface area contributed by atoms with Gasteiger partial charge in [-0.3, -0.25) is 4.79 Å². The number of aromatic amines is 1. The fraction of sp³-hybridized carbons (Fsp3) is 0.200. The van der Waals surface area contributed by atoms with Gasteiger partial charge in [-0.2, -0.15) is 0 Å². The molecule has 6 heteroatoms. The summed E-state index contributed by atoms with van der Waals surface area (Å²) in [6.07, 6.45) is 3.11. The Kier molecular flexibility index (Phi) is 4.27. The zero-order chi connectivity index (χ0) is 15.4. The Hall–Kier alpha value is -2.76. The Morgan fingerprint density at radius 1 is 1.29 bits per heavy atom. The normalized spacial score (nSPS) is 11.3. The van der Waals surface area contributed by atoms with Crippen LogP contribution in [0.4, 0.5) is 0 Å². The van der Waals surface area contributed by atoms with Crippen molar-refractivity contribution in [1.82, 2.24) is 15.2 Å². The van der Waals surface area contributed by atoms with E-state index in [2.05, 4.69) is 15.0 Å². The van der Waals surface area contributed by atoms with Crippen molar-refractivity contribution in [1.29, 1.82) is 0 Å². The van der Waals surface area contributed by atoms with E-state index in [0.717, 1.165) is 10.9 Å². The Balaban J connectivity index is 2.29. The van der Waals surface area contributed by atoms with E-state index in [9.17, 15) is 9.59 Å². The zero-order valence-corrected chi connectivity index (χ0v) is 12.1. The molecule has 0 aliphatic rings. The number of benzene rings is 1. The number of carbonyl (C=O) groups excluding carboxylic acids is 2. The lowest BCUT2D eigenvalue weighted by molar-refractivity contribution is -0.136. The molecule has 0 aliphatic heterocycles. The van der Waals surface area contributed by atoms with E-state index >= 15 is 0 Å². The van der Waals surface area contributed by atoms with Crippen LogP contribution in [0.3, 0.4) is 0 Å². The molecule has 0 saturated carbocycles. The van der Waals surface area contributed by atoms with Gasteiger partial charge >= 0.3 is 5.97 Å². The molecular weight excluding hydrogens is 270 g/mol. The summed E-state index contributed by atoms with van der Waals surface area (Å²) in [4.78, 5) is 28.7. The van der Waals surface area contributed by atoms with Crippen molar-refractivity contribution in [2.75, 3.05) is 21.2 Å². The Labute approximate surface area is 122 Å². The first-order valence-electron chi connectivity index (χ1n) is 6.37. The summed E-state index contributed by atoms with van der Waals surface area (Å²) in [5.41, 5.74) is 1.41. The summed E-state index contributed by atoms with van der Waals surface area (Å²) in [6.45, 7) is 0. The highest BCUT2D eigenvalue weighted by atomic mass is 16.5. The second-order valence-corrected chi connectivity index (χ2v) is 4.70. The molecular formula is C15H17N3O3. The minimum atomic E-state index is -0.600. The fourth-order valence-corrected chi connectivity index (χ4v) is 1.95. The maximum atomic E-state index is 12.3. The number of nitrogens with zero attached hydrogens (tertiary/aromatic N) is 1. The first kappa shape index (κ1) is 14.6. The molecule has 21 heavy (non-hydrogen) atoms. The van der Waals surface area contributed by atoms with Gasteiger partial charge in [0.05, 0.1) is 12.7 Å². The molecule has 2 rings (SSSR count). The number of aromatic nitrogens is 1. The summed E-state index contributed by atoms with van der Waals surface area (Å²) >= 11 is 0. The van der Waals surface area contributed by atoms with Gasteiger partial charge in [-0.05, 0) is 6.07 Å². The third-order valence-electron chi connectivity index (χ3n) is 2.87. The number of esters is 1. The summed E-state index contributed by atoms with van der Waals surface area (Å²) in [5, 5.41) is 3.37. The summed E-state index contributed by atoms with van der Waals surface area (Å²) in [7, 11) is 4.77. The van der Waals surface area contributed by atoms with E-state index in [-0.39, 0.29) is 11.6 Å². The van der Waals surface area contributed by atoms with Gasteiger partial charge in [0.15, 0.2) is 0 Å². The Morgan fingerprint density at radius 2 is 2.00 bits per heavy atom. The van der Waals surface area contributed by atoms with Crippen LogP contribution >= 0.6 is 0 Å². The maximum Gasteiger partial charge on any atom is 0.356 e. The molecule has 0 saturated heterocycles. The van der Waals surface area contributed by atoms with Gasteiger partial charge in [0.2, 0.25) is 0 Å². The molecule has 0 aliphatic carbocycles. The number of hydrogen-bond donors (Lipinski definition) is 2. The summed E-state index contributed by atoms with van der Waals surface area (Å²) < 4.78 is 4.66. The van der Waals surface area contributed by atoms with Crippen LogP contribution in [0.25, 0.3) is 10.9 Å². The third kappa shape index (κ3) is 3.22. The number of rotatable bonds is 4. The molecule has 0 bridgehead atoms. The minimum Gasteiger partial charge on any atom is -0.464 e. The third-order valence-corrected chi connectivity index (χ3v) is 2.87. The average Bonchev–Trinajstić information content (AvgIpc) is 2.89. The van der Waals surface area contributed by atoms with Gasteiger partial charge in [0.1, 0.15) is 5.70 Å². The van der Waals surface area contributed by atoms with Crippen molar-refractivity contribution < 1.29 is 14.3 Å². The van der Waals surface area contributed by atoms with Crippen molar-refractivity contribution >= 4 is 22.8 Å². The first-order chi connectivity index (χ1) is 10.0. The molecule has 0 unspecified atom stereocenters. The smallest absolute Gasteiger partial charge is 0.356 e. The predicted octanol–water partition coefficient (Wildman–Crippen LogP) is 1.47. The van der Waals surface area contributed by atoms with E-state index in [1.807, 2.05) is 24.3 Å². The number of fused-ring (bicyclic) bond motifs is 1. The quantitative estimate of drug-likeness (QED) is 0.659. The molecule has 2 N–H and O–H groups in total. The topological polar surface area (TPSA) is 74.4 Å². The number of H-pyrrole nitrogens is 1. The van der Waals surface area contributed by atoms with Crippen LogP contribution in [0.2, 0.25) is 0 Å². The molecule has 1 heterocycles. The average molecular weight is 287 g/mol. The number of para-hydroxylation sites is 1. The molecule has 110 valence electrons. The van der Waals surface area contributed by atoms with Crippen molar-refractivity contribution in [3.63, 3.8) is 0 Å². The van der Waals surface area contributed by atoms with Crippen molar-refractivity contribution in [3.05, 3.63) is 47.9 Å². The molecule has 0 radical (unpaired) electrons. The lowest BCUT2D eigenvalue weighted by Gasteiger charge is -2.11. The number of amides is 1. The predicted molar refractivity (Wildman–Crippen MR) is 79.6 cm³/mol. The van der Waals surface area contributed by atoms with Gasteiger partial charge in [-0.15, -0.1) is 0 Å². The molecule has 2 aromatic rings. The number of hydrogen-bond acceptors (Lipinski definition) is 4.